The van der Waals surface area contributed by atoms with Gasteiger partial charge >= 0.3 is 0 Å². The average molecular weight is 291 g/mol. The first-order valence-corrected chi connectivity index (χ1v) is 8.05. The van der Waals surface area contributed by atoms with Crippen molar-refractivity contribution in [2.24, 2.45) is 11.7 Å². The molecule has 0 saturated heterocycles. The molecular formula is C17H29N3O. The summed E-state index contributed by atoms with van der Waals surface area (Å²) in [5, 5.41) is 0. The van der Waals surface area contributed by atoms with E-state index in [9.17, 15) is 0 Å². The lowest BCUT2D eigenvalue weighted by Crippen LogP contribution is -2.43. The molecule has 4 nitrogen and oxygen atoms in total. The third-order valence-corrected chi connectivity index (χ3v) is 3.82. The molecule has 0 atom stereocenters. The second-order valence-electron chi connectivity index (χ2n) is 6.66. The van der Waals surface area contributed by atoms with Gasteiger partial charge in [-0.3, -0.25) is 0 Å². The van der Waals surface area contributed by atoms with Gasteiger partial charge in [0.05, 0.1) is 12.3 Å². The van der Waals surface area contributed by atoms with E-state index in [-0.39, 0.29) is 5.54 Å². The maximum absolute atomic E-state index is 5.80. The van der Waals surface area contributed by atoms with E-state index in [0.29, 0.717) is 0 Å². The lowest BCUT2D eigenvalue weighted by Gasteiger charge is -2.27. The van der Waals surface area contributed by atoms with Crippen molar-refractivity contribution in [3.05, 3.63) is 24.3 Å². The third kappa shape index (κ3) is 6.36. The number of hydrogen-bond donors (Lipinski definition) is 3. The van der Waals surface area contributed by atoms with E-state index in [1.54, 1.807) is 0 Å². The highest BCUT2D eigenvalue weighted by Gasteiger charge is 2.22. The monoisotopic (exact) mass is 291 g/mol. The van der Waals surface area contributed by atoms with Gasteiger partial charge in [-0.15, -0.1) is 0 Å². The summed E-state index contributed by atoms with van der Waals surface area (Å²) in [7, 11) is 0. The molecule has 0 bridgehead atoms. The zero-order valence-corrected chi connectivity index (χ0v) is 13.3. The molecule has 118 valence electrons. The minimum atomic E-state index is 0.0417. The lowest BCUT2D eigenvalue weighted by atomic mass is 9.98. The second kappa shape index (κ2) is 7.66. The first kappa shape index (κ1) is 16.1. The molecule has 1 aliphatic carbocycles. The Balaban J connectivity index is 1.77. The topological polar surface area (TPSA) is 59.3 Å². The zero-order valence-electron chi connectivity index (χ0n) is 13.3. The van der Waals surface area contributed by atoms with Gasteiger partial charge < -0.3 is 15.9 Å². The van der Waals surface area contributed by atoms with E-state index in [4.69, 9.17) is 10.5 Å². The fourth-order valence-electron chi connectivity index (χ4n) is 2.18. The van der Waals surface area contributed by atoms with E-state index >= 15 is 0 Å². The molecule has 21 heavy (non-hydrogen) atoms. The number of hydrogen-bond acceptors (Lipinski definition) is 4. The Morgan fingerprint density at radius 2 is 2.10 bits per heavy atom. The van der Waals surface area contributed by atoms with Gasteiger partial charge in [-0.25, -0.2) is 5.43 Å². The van der Waals surface area contributed by atoms with Crippen molar-refractivity contribution in [3.8, 4) is 5.75 Å². The normalized spacial score (nSPS) is 15.0. The minimum Gasteiger partial charge on any atom is -0.493 e. The summed E-state index contributed by atoms with van der Waals surface area (Å²) in [6.45, 7) is 6.01. The number of rotatable bonds is 10. The summed E-state index contributed by atoms with van der Waals surface area (Å²) < 4.78 is 5.80. The van der Waals surface area contributed by atoms with Crippen molar-refractivity contribution in [3.63, 3.8) is 0 Å². The Morgan fingerprint density at radius 1 is 1.29 bits per heavy atom. The molecule has 0 spiro atoms. The number of nitrogens with two attached hydrogens (primary N) is 1. The van der Waals surface area contributed by atoms with Gasteiger partial charge in [-0.1, -0.05) is 12.5 Å². The van der Waals surface area contributed by atoms with Crippen LogP contribution in [0.5, 0.6) is 5.75 Å². The molecule has 2 rings (SSSR count). The molecule has 4 N–H and O–H groups in total. The number of ether oxygens (including phenoxy) is 1. The molecule has 4 heteroatoms. The van der Waals surface area contributed by atoms with Gasteiger partial charge in [-0.2, -0.15) is 0 Å². The van der Waals surface area contributed by atoms with Gasteiger partial charge in [-0.05, 0) is 64.1 Å². The van der Waals surface area contributed by atoms with E-state index in [1.807, 2.05) is 24.3 Å². The highest BCUT2D eigenvalue weighted by molar-refractivity contribution is 5.47. The van der Waals surface area contributed by atoms with Crippen LogP contribution in [0.1, 0.15) is 46.0 Å². The Hall–Kier alpha value is -1.26. The van der Waals surface area contributed by atoms with Crippen LogP contribution in [0.15, 0.2) is 24.3 Å². The van der Waals surface area contributed by atoms with Crippen LogP contribution in [-0.2, 0) is 0 Å². The SMILES string of the molecule is CC(C)(CCCCN)NNc1cccc(OCC2CC2)c1. The first-order valence-electron chi connectivity index (χ1n) is 8.05. The largest absolute Gasteiger partial charge is 0.493 e. The van der Waals surface area contributed by atoms with Gasteiger partial charge in [0.15, 0.2) is 0 Å². The Kier molecular flexibility index (Phi) is 5.88. The Labute approximate surface area is 128 Å². The molecule has 0 aliphatic heterocycles. The van der Waals surface area contributed by atoms with Crippen LogP contribution in [0.2, 0.25) is 0 Å². The predicted molar refractivity (Wildman–Crippen MR) is 88.4 cm³/mol. The van der Waals surface area contributed by atoms with Crippen LogP contribution >= 0.6 is 0 Å². The molecule has 1 aliphatic rings. The molecule has 0 radical (unpaired) electrons. The quantitative estimate of drug-likeness (QED) is 0.457. The molecule has 1 aromatic carbocycles. The number of nitrogens with one attached hydrogen (secondary N) is 2. The second-order valence-corrected chi connectivity index (χ2v) is 6.66. The fourth-order valence-corrected chi connectivity index (χ4v) is 2.18. The van der Waals surface area contributed by atoms with E-state index < -0.39 is 0 Å². The molecule has 1 saturated carbocycles. The zero-order chi connectivity index (χ0) is 15.1. The summed E-state index contributed by atoms with van der Waals surface area (Å²) in [5.74, 6) is 1.72. The number of unbranched alkanes of at least 4 members (excludes halogenated alkanes) is 1. The highest BCUT2D eigenvalue weighted by Crippen LogP contribution is 2.30. The lowest BCUT2D eigenvalue weighted by molar-refractivity contribution is 0.300. The minimum absolute atomic E-state index is 0.0417. The summed E-state index contributed by atoms with van der Waals surface area (Å²) in [5.41, 5.74) is 13.3. The molecule has 0 heterocycles. The molecule has 0 unspecified atom stereocenters. The molecule has 0 aromatic heterocycles. The van der Waals surface area contributed by atoms with Gasteiger partial charge in [0.2, 0.25) is 0 Å². The fraction of sp³-hybridized carbons (Fsp3) is 0.647. The molecule has 0 amide bonds. The Bertz CT molecular complexity index is 430. The van der Waals surface area contributed by atoms with Crippen LogP contribution in [0.25, 0.3) is 0 Å². The summed E-state index contributed by atoms with van der Waals surface area (Å²) in [6.07, 6.45) is 5.94. The standard InChI is InChI=1S/C17H29N3O/c1-17(2,10-3-4-11-18)20-19-15-6-5-7-16(12-15)21-13-14-8-9-14/h5-7,12,14,19-20H,3-4,8-11,13,18H2,1-2H3. The van der Waals surface area contributed by atoms with Crippen LogP contribution in [-0.4, -0.2) is 18.7 Å². The van der Waals surface area contributed by atoms with Gasteiger partial charge in [0.25, 0.3) is 0 Å². The van der Waals surface area contributed by atoms with Crippen LogP contribution in [0, 0.1) is 5.92 Å². The van der Waals surface area contributed by atoms with E-state index in [1.165, 1.54) is 12.8 Å². The molecule has 1 fully saturated rings. The summed E-state index contributed by atoms with van der Waals surface area (Å²) in [4.78, 5) is 0. The van der Waals surface area contributed by atoms with Crippen LogP contribution in [0.3, 0.4) is 0 Å². The van der Waals surface area contributed by atoms with Crippen molar-refractivity contribution in [2.75, 3.05) is 18.6 Å². The van der Waals surface area contributed by atoms with Crippen molar-refractivity contribution >= 4 is 5.69 Å². The van der Waals surface area contributed by atoms with E-state index in [0.717, 1.165) is 49.8 Å². The van der Waals surface area contributed by atoms with Crippen LogP contribution in [0.4, 0.5) is 5.69 Å². The van der Waals surface area contributed by atoms with Crippen molar-refractivity contribution in [2.45, 2.75) is 51.5 Å². The predicted octanol–water partition coefficient (Wildman–Crippen LogP) is 3.30. The summed E-state index contributed by atoms with van der Waals surface area (Å²) in [6, 6.07) is 8.13. The maximum Gasteiger partial charge on any atom is 0.121 e. The van der Waals surface area contributed by atoms with Crippen molar-refractivity contribution in [1.82, 2.24) is 5.43 Å². The summed E-state index contributed by atoms with van der Waals surface area (Å²) >= 11 is 0. The number of anilines is 1. The van der Waals surface area contributed by atoms with E-state index in [2.05, 4.69) is 24.7 Å². The van der Waals surface area contributed by atoms with Crippen molar-refractivity contribution in [1.29, 1.82) is 0 Å². The van der Waals surface area contributed by atoms with Gasteiger partial charge in [0, 0.05) is 11.6 Å². The van der Waals surface area contributed by atoms with Crippen LogP contribution < -0.4 is 21.3 Å². The average Bonchev–Trinajstić information content (AvgIpc) is 3.28. The molecule has 1 aromatic rings. The first-order chi connectivity index (χ1) is 10.1. The number of benzene rings is 1. The maximum atomic E-state index is 5.80. The third-order valence-electron chi connectivity index (χ3n) is 3.82. The van der Waals surface area contributed by atoms with Crippen molar-refractivity contribution < 1.29 is 4.74 Å². The smallest absolute Gasteiger partial charge is 0.121 e. The highest BCUT2D eigenvalue weighted by atomic mass is 16.5. The molecular weight excluding hydrogens is 262 g/mol. The Morgan fingerprint density at radius 3 is 2.81 bits per heavy atom. The van der Waals surface area contributed by atoms with Gasteiger partial charge in [0.1, 0.15) is 5.75 Å². The number of hydrazine groups is 1.